The number of rotatable bonds is 4. The fraction of sp³-hybridized carbons (Fsp3) is 0.167. The summed E-state index contributed by atoms with van der Waals surface area (Å²) in [4.78, 5) is -0.518. The van der Waals surface area contributed by atoms with Crippen LogP contribution in [0.3, 0.4) is 0 Å². The molecule has 0 unspecified atom stereocenters. The van der Waals surface area contributed by atoms with Gasteiger partial charge in [0.25, 0.3) is 10.1 Å². The van der Waals surface area contributed by atoms with E-state index < -0.39 is 15.0 Å². The van der Waals surface area contributed by atoms with Gasteiger partial charge in [-0.25, -0.2) is 0 Å². The molecular formula is C12H12N4O4S. The minimum atomic E-state index is -4.56. The van der Waals surface area contributed by atoms with Crippen LogP contribution in [-0.2, 0) is 10.1 Å². The molecule has 110 valence electrons. The third kappa shape index (κ3) is 3.20. The lowest BCUT2D eigenvalue weighted by Crippen LogP contribution is -1.99. The molecule has 0 heterocycles. The second-order valence-corrected chi connectivity index (χ2v) is 5.38. The summed E-state index contributed by atoms with van der Waals surface area (Å²) >= 11 is 0. The minimum Gasteiger partial charge on any atom is -0.505 e. The van der Waals surface area contributed by atoms with Crippen LogP contribution < -0.4 is 0 Å². The van der Waals surface area contributed by atoms with Crippen molar-refractivity contribution in [3.05, 3.63) is 30.3 Å². The Balaban J connectivity index is 2.70. The third-order valence-corrected chi connectivity index (χ3v) is 3.54. The Bertz CT molecular complexity index is 831. The molecule has 0 amide bonds. The van der Waals surface area contributed by atoms with Crippen molar-refractivity contribution in [3.8, 4) is 5.75 Å². The predicted octanol–water partition coefficient (Wildman–Crippen LogP) is 2.92. The highest BCUT2D eigenvalue weighted by molar-refractivity contribution is 7.86. The molecule has 0 aliphatic heterocycles. The van der Waals surface area contributed by atoms with E-state index in [0.717, 1.165) is 0 Å². The van der Waals surface area contributed by atoms with Crippen molar-refractivity contribution in [2.45, 2.75) is 4.90 Å². The lowest BCUT2D eigenvalue weighted by atomic mass is 10.1. The summed E-state index contributed by atoms with van der Waals surface area (Å²) in [5.74, 6) is -0.377. The Morgan fingerprint density at radius 2 is 1.90 bits per heavy atom. The zero-order valence-electron chi connectivity index (χ0n) is 11.0. The third-order valence-electron chi connectivity index (χ3n) is 2.68. The Morgan fingerprint density at radius 3 is 2.57 bits per heavy atom. The fourth-order valence-corrected chi connectivity index (χ4v) is 2.44. The van der Waals surface area contributed by atoms with Crippen LogP contribution in [0.25, 0.3) is 10.8 Å². The lowest BCUT2D eigenvalue weighted by Gasteiger charge is -2.08. The Morgan fingerprint density at radius 1 is 1.19 bits per heavy atom. The van der Waals surface area contributed by atoms with Crippen molar-refractivity contribution in [1.82, 2.24) is 0 Å². The molecule has 0 atom stereocenters. The van der Waals surface area contributed by atoms with Crippen LogP contribution in [0.5, 0.6) is 5.75 Å². The summed E-state index contributed by atoms with van der Waals surface area (Å²) < 4.78 is 32.2. The summed E-state index contributed by atoms with van der Waals surface area (Å²) in [5.41, 5.74) is -0.331. The van der Waals surface area contributed by atoms with E-state index in [-0.39, 0.29) is 18.1 Å². The van der Waals surface area contributed by atoms with Gasteiger partial charge in [-0.2, -0.15) is 23.8 Å². The molecule has 0 aliphatic carbocycles. The van der Waals surface area contributed by atoms with Crippen molar-refractivity contribution in [2.75, 3.05) is 13.7 Å². The van der Waals surface area contributed by atoms with Gasteiger partial charge < -0.3 is 5.11 Å². The molecular weight excluding hydrogens is 296 g/mol. The molecule has 8 nitrogen and oxygen atoms in total. The smallest absolute Gasteiger partial charge is 0.296 e. The van der Waals surface area contributed by atoms with Gasteiger partial charge in [0, 0.05) is 12.4 Å². The maximum absolute atomic E-state index is 11.4. The fourth-order valence-electron chi connectivity index (χ4n) is 1.78. The first-order valence-corrected chi connectivity index (χ1v) is 7.24. The zero-order valence-corrected chi connectivity index (χ0v) is 11.8. The molecule has 0 saturated heterocycles. The van der Waals surface area contributed by atoms with E-state index in [1.807, 2.05) is 0 Å². The van der Waals surface area contributed by atoms with E-state index in [9.17, 15) is 18.1 Å². The van der Waals surface area contributed by atoms with Gasteiger partial charge in [0.2, 0.25) is 0 Å². The van der Waals surface area contributed by atoms with Crippen molar-refractivity contribution >= 4 is 26.6 Å². The molecule has 2 aromatic carbocycles. The van der Waals surface area contributed by atoms with Crippen molar-refractivity contribution in [1.29, 1.82) is 0 Å². The Labute approximate surface area is 120 Å². The number of hydrogen-bond acceptors (Lipinski definition) is 7. The van der Waals surface area contributed by atoms with Crippen molar-refractivity contribution < 1.29 is 18.1 Å². The van der Waals surface area contributed by atoms with E-state index in [4.69, 9.17) is 0 Å². The van der Waals surface area contributed by atoms with Crippen LogP contribution in [-0.4, -0.2) is 31.8 Å². The van der Waals surface area contributed by atoms with Crippen LogP contribution >= 0.6 is 0 Å². The topological polar surface area (TPSA) is 124 Å². The summed E-state index contributed by atoms with van der Waals surface area (Å²) in [6.45, 7) is -0.117. The molecule has 0 aromatic heterocycles. The van der Waals surface area contributed by atoms with Gasteiger partial charge >= 0.3 is 0 Å². The molecule has 0 bridgehead atoms. The SMILES string of the molecule is CN=NCN=Nc1c(S(=O)(=O)O)cc2ccccc2c1O. The van der Waals surface area contributed by atoms with E-state index in [2.05, 4.69) is 20.5 Å². The number of nitrogens with zero attached hydrogens (tertiary/aromatic N) is 4. The van der Waals surface area contributed by atoms with Crippen molar-refractivity contribution in [2.24, 2.45) is 20.5 Å². The van der Waals surface area contributed by atoms with Gasteiger partial charge in [0.05, 0.1) is 0 Å². The number of benzene rings is 2. The molecule has 0 radical (unpaired) electrons. The molecule has 0 aliphatic rings. The normalized spacial score (nSPS) is 12.7. The van der Waals surface area contributed by atoms with Crippen LogP contribution in [0.1, 0.15) is 0 Å². The standard InChI is InChI=1S/C12H12N4O4S/c1-13-14-7-15-16-11-10(21(18,19)20)6-8-4-2-3-5-9(8)12(11)17/h2-6,17H,7H2,1H3,(H,18,19,20). The number of phenols is 1. The number of phenolic OH excluding ortho intramolecular Hbond substituents is 1. The van der Waals surface area contributed by atoms with Crippen LogP contribution in [0.2, 0.25) is 0 Å². The molecule has 0 fully saturated rings. The van der Waals surface area contributed by atoms with Gasteiger partial charge in [-0.3, -0.25) is 4.55 Å². The molecule has 0 spiro atoms. The number of aromatic hydroxyl groups is 1. The monoisotopic (exact) mass is 308 g/mol. The highest BCUT2D eigenvalue weighted by atomic mass is 32.2. The van der Waals surface area contributed by atoms with Crippen LogP contribution in [0.15, 0.2) is 55.7 Å². The van der Waals surface area contributed by atoms with Crippen LogP contribution in [0.4, 0.5) is 5.69 Å². The maximum atomic E-state index is 11.4. The van der Waals surface area contributed by atoms with Gasteiger partial charge in [0.15, 0.2) is 12.4 Å². The molecule has 2 rings (SSSR count). The number of hydrogen-bond donors (Lipinski definition) is 2. The maximum Gasteiger partial charge on any atom is 0.296 e. The van der Waals surface area contributed by atoms with Gasteiger partial charge in [-0.05, 0) is 11.5 Å². The van der Waals surface area contributed by atoms with Crippen molar-refractivity contribution in [3.63, 3.8) is 0 Å². The minimum absolute atomic E-state index is 0.117. The van der Waals surface area contributed by atoms with E-state index in [1.54, 1.807) is 24.3 Å². The summed E-state index contributed by atoms with van der Waals surface area (Å²) in [6, 6.07) is 7.79. The number of azo groups is 2. The first-order valence-electron chi connectivity index (χ1n) is 5.80. The first kappa shape index (κ1) is 15.0. The van der Waals surface area contributed by atoms with Gasteiger partial charge in [-0.1, -0.05) is 24.3 Å². The van der Waals surface area contributed by atoms with E-state index >= 15 is 0 Å². The quantitative estimate of drug-likeness (QED) is 0.665. The second-order valence-electron chi connectivity index (χ2n) is 3.99. The van der Waals surface area contributed by atoms with E-state index in [1.165, 1.54) is 13.1 Å². The summed E-state index contributed by atoms with van der Waals surface area (Å²) in [7, 11) is -3.11. The molecule has 2 N–H and O–H groups in total. The second kappa shape index (κ2) is 5.94. The number of fused-ring (bicyclic) bond motifs is 1. The predicted molar refractivity (Wildman–Crippen MR) is 75.6 cm³/mol. The first-order chi connectivity index (χ1) is 9.95. The average molecular weight is 308 g/mol. The zero-order chi connectivity index (χ0) is 15.5. The summed E-state index contributed by atoms with van der Waals surface area (Å²) in [6.07, 6.45) is 0. The summed E-state index contributed by atoms with van der Waals surface area (Å²) in [5, 5.41) is 25.3. The largest absolute Gasteiger partial charge is 0.505 e. The Kier molecular flexibility index (Phi) is 4.24. The highest BCUT2D eigenvalue weighted by Crippen LogP contribution is 2.40. The Hall–Kier alpha value is -2.39. The van der Waals surface area contributed by atoms with E-state index in [0.29, 0.717) is 10.8 Å². The van der Waals surface area contributed by atoms with Gasteiger partial charge in [0.1, 0.15) is 10.6 Å². The molecule has 9 heteroatoms. The van der Waals surface area contributed by atoms with Crippen LogP contribution in [0, 0.1) is 0 Å². The molecule has 2 aromatic rings. The van der Waals surface area contributed by atoms with Gasteiger partial charge in [-0.15, -0.1) is 5.11 Å². The highest BCUT2D eigenvalue weighted by Gasteiger charge is 2.21. The molecule has 21 heavy (non-hydrogen) atoms. The lowest BCUT2D eigenvalue weighted by molar-refractivity contribution is 0.472. The average Bonchev–Trinajstić information content (AvgIpc) is 2.44. The molecule has 0 saturated carbocycles.